The Bertz CT molecular complexity index is 417. The molecule has 0 saturated heterocycles. The van der Waals surface area contributed by atoms with Crippen molar-refractivity contribution in [3.8, 4) is 0 Å². The van der Waals surface area contributed by atoms with Crippen molar-refractivity contribution in [2.45, 2.75) is 13.0 Å². The molecule has 1 rings (SSSR count). The SMILES string of the molecule is CNC(=O)Nc1ccc(NC(C)C(=O)OC)cc1. The van der Waals surface area contributed by atoms with Crippen LogP contribution in [0.2, 0.25) is 0 Å². The van der Waals surface area contributed by atoms with Crippen molar-refractivity contribution in [3.63, 3.8) is 0 Å². The Labute approximate surface area is 106 Å². The van der Waals surface area contributed by atoms with E-state index in [1.807, 2.05) is 0 Å². The molecule has 0 aliphatic heterocycles. The van der Waals surface area contributed by atoms with Crippen LogP contribution in [0.1, 0.15) is 6.92 Å². The highest BCUT2D eigenvalue weighted by Gasteiger charge is 2.12. The lowest BCUT2D eigenvalue weighted by atomic mass is 10.2. The summed E-state index contributed by atoms with van der Waals surface area (Å²) >= 11 is 0. The van der Waals surface area contributed by atoms with Gasteiger partial charge in [0, 0.05) is 18.4 Å². The Morgan fingerprint density at radius 3 is 2.22 bits per heavy atom. The average Bonchev–Trinajstić information content (AvgIpc) is 2.39. The summed E-state index contributed by atoms with van der Waals surface area (Å²) in [5.41, 5.74) is 1.45. The number of ether oxygens (including phenoxy) is 1. The Morgan fingerprint density at radius 2 is 1.72 bits per heavy atom. The van der Waals surface area contributed by atoms with Crippen LogP contribution in [0.3, 0.4) is 0 Å². The van der Waals surface area contributed by atoms with Gasteiger partial charge in [0.25, 0.3) is 0 Å². The molecule has 3 N–H and O–H groups in total. The highest BCUT2D eigenvalue weighted by atomic mass is 16.5. The maximum Gasteiger partial charge on any atom is 0.327 e. The number of rotatable bonds is 4. The first-order valence-corrected chi connectivity index (χ1v) is 5.50. The van der Waals surface area contributed by atoms with E-state index in [9.17, 15) is 9.59 Å². The van der Waals surface area contributed by atoms with Crippen LogP contribution in [0.25, 0.3) is 0 Å². The second kappa shape index (κ2) is 6.48. The van der Waals surface area contributed by atoms with Crippen molar-refractivity contribution in [2.75, 3.05) is 24.8 Å². The van der Waals surface area contributed by atoms with Crippen LogP contribution >= 0.6 is 0 Å². The Kier molecular flexibility index (Phi) is 4.98. The number of methoxy groups -OCH3 is 1. The van der Waals surface area contributed by atoms with Crippen LogP contribution in [0.15, 0.2) is 24.3 Å². The fraction of sp³-hybridized carbons (Fsp3) is 0.333. The molecule has 1 atom stereocenters. The number of nitrogens with one attached hydrogen (secondary N) is 3. The Balaban J connectivity index is 2.60. The van der Waals surface area contributed by atoms with Crippen molar-refractivity contribution < 1.29 is 14.3 Å². The summed E-state index contributed by atoms with van der Waals surface area (Å²) in [7, 11) is 2.89. The fourth-order valence-electron chi connectivity index (χ4n) is 1.33. The van der Waals surface area contributed by atoms with Crippen molar-refractivity contribution in [1.29, 1.82) is 0 Å². The van der Waals surface area contributed by atoms with Gasteiger partial charge in [0.1, 0.15) is 6.04 Å². The van der Waals surface area contributed by atoms with Gasteiger partial charge in [-0.15, -0.1) is 0 Å². The first-order valence-electron chi connectivity index (χ1n) is 5.50. The number of carbonyl (C=O) groups excluding carboxylic acids is 2. The second-order valence-corrected chi connectivity index (χ2v) is 3.67. The molecule has 98 valence electrons. The van der Waals surface area contributed by atoms with Gasteiger partial charge in [0.15, 0.2) is 0 Å². The minimum absolute atomic E-state index is 0.279. The lowest BCUT2D eigenvalue weighted by molar-refractivity contribution is -0.141. The predicted molar refractivity (Wildman–Crippen MR) is 69.6 cm³/mol. The molecule has 0 radical (unpaired) electrons. The van der Waals surface area contributed by atoms with Crippen LogP contribution in [0, 0.1) is 0 Å². The molecule has 0 aromatic heterocycles. The molecule has 2 amide bonds. The van der Waals surface area contributed by atoms with Gasteiger partial charge in [0.2, 0.25) is 0 Å². The molecule has 6 nitrogen and oxygen atoms in total. The third-order valence-electron chi connectivity index (χ3n) is 2.31. The van der Waals surface area contributed by atoms with Gasteiger partial charge in [0.05, 0.1) is 7.11 Å². The average molecular weight is 251 g/mol. The lowest BCUT2D eigenvalue weighted by Gasteiger charge is -2.13. The number of amides is 2. The number of benzene rings is 1. The van der Waals surface area contributed by atoms with E-state index in [0.29, 0.717) is 5.69 Å². The second-order valence-electron chi connectivity index (χ2n) is 3.67. The number of esters is 1. The van der Waals surface area contributed by atoms with Gasteiger partial charge < -0.3 is 20.7 Å². The molecule has 0 heterocycles. The smallest absolute Gasteiger partial charge is 0.327 e. The highest BCUT2D eigenvalue weighted by Crippen LogP contribution is 2.14. The Morgan fingerprint density at radius 1 is 1.17 bits per heavy atom. The van der Waals surface area contributed by atoms with E-state index in [2.05, 4.69) is 20.7 Å². The summed E-state index contributed by atoms with van der Waals surface area (Å²) in [5.74, 6) is -0.331. The number of urea groups is 1. The van der Waals surface area contributed by atoms with Crippen molar-refractivity contribution >= 4 is 23.4 Å². The third kappa shape index (κ3) is 3.97. The largest absolute Gasteiger partial charge is 0.467 e. The van der Waals surface area contributed by atoms with Crippen molar-refractivity contribution in [2.24, 2.45) is 0 Å². The summed E-state index contributed by atoms with van der Waals surface area (Å²) in [6.45, 7) is 1.71. The normalized spacial score (nSPS) is 11.3. The van der Waals surface area contributed by atoms with Crippen molar-refractivity contribution in [1.82, 2.24) is 5.32 Å². The van der Waals surface area contributed by atoms with E-state index in [1.165, 1.54) is 7.11 Å². The Hall–Kier alpha value is -2.24. The van der Waals surface area contributed by atoms with Crippen molar-refractivity contribution in [3.05, 3.63) is 24.3 Å². The number of carbonyl (C=O) groups is 2. The van der Waals surface area contributed by atoms with Gasteiger partial charge in [-0.05, 0) is 31.2 Å². The molecule has 6 heteroatoms. The molecule has 0 saturated carbocycles. The molecule has 0 spiro atoms. The third-order valence-corrected chi connectivity index (χ3v) is 2.31. The van der Waals surface area contributed by atoms with Crippen LogP contribution in [0.4, 0.5) is 16.2 Å². The van der Waals surface area contributed by atoms with Gasteiger partial charge >= 0.3 is 12.0 Å². The molecule has 1 aromatic carbocycles. The zero-order valence-corrected chi connectivity index (χ0v) is 10.6. The van der Waals surface area contributed by atoms with Crippen LogP contribution < -0.4 is 16.0 Å². The topological polar surface area (TPSA) is 79.5 Å². The minimum atomic E-state index is -0.423. The maximum atomic E-state index is 11.2. The standard InChI is InChI=1S/C12H17N3O3/c1-8(11(16)18-3)14-9-4-6-10(7-5-9)15-12(17)13-2/h4-8,14H,1-3H3,(H2,13,15,17). The van der Waals surface area contributed by atoms with E-state index in [0.717, 1.165) is 5.69 Å². The summed E-state index contributed by atoms with van der Waals surface area (Å²) in [6, 6.07) is 6.31. The molecule has 0 fully saturated rings. The van der Waals surface area contributed by atoms with E-state index in [1.54, 1.807) is 38.2 Å². The fourth-order valence-corrected chi connectivity index (χ4v) is 1.33. The molecule has 0 bridgehead atoms. The van der Waals surface area contributed by atoms with Gasteiger partial charge in [-0.1, -0.05) is 0 Å². The molecule has 18 heavy (non-hydrogen) atoms. The lowest BCUT2D eigenvalue weighted by Crippen LogP contribution is -2.27. The molecular formula is C12H17N3O3. The number of anilines is 2. The zero-order valence-electron chi connectivity index (χ0n) is 10.6. The summed E-state index contributed by atoms with van der Waals surface area (Å²) in [6.07, 6.45) is 0. The summed E-state index contributed by atoms with van der Waals surface area (Å²) < 4.78 is 4.61. The van der Waals surface area contributed by atoms with Gasteiger partial charge in [-0.3, -0.25) is 0 Å². The van der Waals surface area contributed by atoms with Gasteiger partial charge in [-0.25, -0.2) is 9.59 Å². The predicted octanol–water partition coefficient (Wildman–Crippen LogP) is 1.41. The number of hydrogen-bond acceptors (Lipinski definition) is 4. The van der Waals surface area contributed by atoms with E-state index < -0.39 is 6.04 Å². The maximum absolute atomic E-state index is 11.2. The highest BCUT2D eigenvalue weighted by molar-refractivity contribution is 5.89. The first-order chi connectivity index (χ1) is 8.56. The quantitative estimate of drug-likeness (QED) is 0.707. The molecule has 0 aliphatic rings. The van der Waals surface area contributed by atoms with Crippen LogP contribution in [-0.4, -0.2) is 32.2 Å². The first kappa shape index (κ1) is 13.8. The molecular weight excluding hydrogens is 234 g/mol. The van der Waals surface area contributed by atoms with Crippen LogP contribution in [-0.2, 0) is 9.53 Å². The summed E-state index contributed by atoms with van der Waals surface area (Å²) in [4.78, 5) is 22.3. The van der Waals surface area contributed by atoms with Crippen LogP contribution in [0.5, 0.6) is 0 Å². The number of hydrogen-bond donors (Lipinski definition) is 3. The zero-order chi connectivity index (χ0) is 13.5. The minimum Gasteiger partial charge on any atom is -0.467 e. The van der Waals surface area contributed by atoms with Gasteiger partial charge in [-0.2, -0.15) is 0 Å². The van der Waals surface area contributed by atoms with E-state index in [-0.39, 0.29) is 12.0 Å². The summed E-state index contributed by atoms with van der Waals surface area (Å²) in [5, 5.41) is 8.08. The monoisotopic (exact) mass is 251 g/mol. The molecule has 1 aromatic rings. The van der Waals surface area contributed by atoms with E-state index in [4.69, 9.17) is 0 Å². The van der Waals surface area contributed by atoms with E-state index >= 15 is 0 Å². The molecule has 1 unspecified atom stereocenters. The molecule has 0 aliphatic carbocycles.